The standard InChI is InChI=1S/C27H26ClN3O3S/c1-27(2,3)34-24(32)15-23-31-25-21(18-5-4-6-19(28)14-18)12-17(13-22(25)35-23)11-16-7-9-20(10-8-16)30-26(29)33/h4-10,12-14H,11,15H2,1-3H3,(H3,29,30,33). The van der Waals surface area contributed by atoms with Gasteiger partial charge in [0.2, 0.25) is 0 Å². The fourth-order valence-electron chi connectivity index (χ4n) is 3.77. The van der Waals surface area contributed by atoms with Crippen molar-refractivity contribution in [2.75, 3.05) is 5.32 Å². The maximum atomic E-state index is 12.4. The van der Waals surface area contributed by atoms with Crippen molar-refractivity contribution < 1.29 is 14.3 Å². The number of primary amides is 1. The lowest BCUT2D eigenvalue weighted by Gasteiger charge is -2.18. The molecule has 1 aromatic heterocycles. The van der Waals surface area contributed by atoms with Crippen LogP contribution in [0.15, 0.2) is 60.7 Å². The van der Waals surface area contributed by atoms with Crippen LogP contribution >= 0.6 is 22.9 Å². The van der Waals surface area contributed by atoms with Gasteiger partial charge in [0, 0.05) is 16.3 Å². The van der Waals surface area contributed by atoms with Crippen LogP contribution in [0, 0.1) is 0 Å². The number of urea groups is 1. The van der Waals surface area contributed by atoms with Crippen molar-refractivity contribution in [3.8, 4) is 11.1 Å². The molecule has 0 aliphatic heterocycles. The van der Waals surface area contributed by atoms with E-state index in [1.807, 2.05) is 69.3 Å². The van der Waals surface area contributed by atoms with Crippen LogP contribution in [0.4, 0.5) is 10.5 Å². The summed E-state index contributed by atoms with van der Waals surface area (Å²) in [6.45, 7) is 5.55. The first kappa shape index (κ1) is 24.7. The van der Waals surface area contributed by atoms with E-state index in [-0.39, 0.29) is 12.4 Å². The second kappa shape index (κ2) is 10.1. The van der Waals surface area contributed by atoms with Crippen LogP contribution in [-0.2, 0) is 22.4 Å². The number of hydrogen-bond acceptors (Lipinski definition) is 5. The average molecular weight is 508 g/mol. The Balaban J connectivity index is 1.70. The molecule has 0 spiro atoms. The number of halogens is 1. The van der Waals surface area contributed by atoms with Crippen LogP contribution in [0.1, 0.15) is 36.9 Å². The summed E-state index contributed by atoms with van der Waals surface area (Å²) in [6.07, 6.45) is 0.801. The number of aromatic nitrogens is 1. The molecular weight excluding hydrogens is 482 g/mol. The van der Waals surface area contributed by atoms with E-state index in [9.17, 15) is 9.59 Å². The van der Waals surface area contributed by atoms with Gasteiger partial charge in [0.15, 0.2) is 0 Å². The van der Waals surface area contributed by atoms with Crippen molar-refractivity contribution in [2.45, 2.75) is 39.2 Å². The first-order valence-corrected chi connectivity index (χ1v) is 12.3. The Labute approximate surface area is 213 Å². The lowest BCUT2D eigenvalue weighted by Crippen LogP contribution is -2.24. The number of rotatable bonds is 6. The number of anilines is 1. The number of thiazole rings is 1. The van der Waals surface area contributed by atoms with E-state index < -0.39 is 11.6 Å². The van der Waals surface area contributed by atoms with Gasteiger partial charge in [-0.15, -0.1) is 11.3 Å². The van der Waals surface area contributed by atoms with E-state index in [0.717, 1.165) is 32.5 Å². The van der Waals surface area contributed by atoms with Crippen molar-refractivity contribution in [3.05, 3.63) is 81.8 Å². The number of carbonyl (C=O) groups is 2. The number of hydrogen-bond donors (Lipinski definition) is 2. The van der Waals surface area contributed by atoms with Gasteiger partial charge in [-0.05, 0) is 80.3 Å². The maximum absolute atomic E-state index is 12.4. The Morgan fingerprint density at radius 2 is 1.80 bits per heavy atom. The fourth-order valence-corrected chi connectivity index (χ4v) is 5.00. The summed E-state index contributed by atoms with van der Waals surface area (Å²) in [4.78, 5) is 28.3. The van der Waals surface area contributed by atoms with E-state index in [1.54, 1.807) is 0 Å². The van der Waals surface area contributed by atoms with Crippen molar-refractivity contribution in [3.63, 3.8) is 0 Å². The molecule has 3 aromatic carbocycles. The van der Waals surface area contributed by atoms with E-state index >= 15 is 0 Å². The van der Waals surface area contributed by atoms with Crippen LogP contribution < -0.4 is 11.1 Å². The van der Waals surface area contributed by atoms with Crippen LogP contribution in [0.25, 0.3) is 21.3 Å². The van der Waals surface area contributed by atoms with Gasteiger partial charge >= 0.3 is 12.0 Å². The normalized spacial score (nSPS) is 11.4. The molecule has 4 aromatic rings. The monoisotopic (exact) mass is 507 g/mol. The number of fused-ring (bicyclic) bond motifs is 1. The molecule has 6 nitrogen and oxygen atoms in total. The first-order chi connectivity index (χ1) is 16.6. The van der Waals surface area contributed by atoms with Gasteiger partial charge in [0.1, 0.15) is 10.6 Å². The molecule has 4 rings (SSSR count). The quantitative estimate of drug-likeness (QED) is 0.288. The van der Waals surface area contributed by atoms with Gasteiger partial charge in [-0.2, -0.15) is 0 Å². The molecule has 0 bridgehead atoms. The molecule has 0 unspecified atom stereocenters. The minimum atomic E-state index is -0.596. The lowest BCUT2D eigenvalue weighted by molar-refractivity contribution is -0.153. The molecule has 180 valence electrons. The molecule has 0 atom stereocenters. The number of nitrogens with two attached hydrogens (primary N) is 1. The highest BCUT2D eigenvalue weighted by atomic mass is 35.5. The lowest BCUT2D eigenvalue weighted by atomic mass is 9.98. The van der Waals surface area contributed by atoms with Crippen molar-refractivity contribution in [2.24, 2.45) is 5.73 Å². The summed E-state index contributed by atoms with van der Waals surface area (Å²) in [6, 6.07) is 18.8. The summed E-state index contributed by atoms with van der Waals surface area (Å²) in [5.74, 6) is -0.300. The predicted molar refractivity (Wildman–Crippen MR) is 142 cm³/mol. The Morgan fingerprint density at radius 1 is 1.06 bits per heavy atom. The second-order valence-electron chi connectivity index (χ2n) is 9.23. The summed E-state index contributed by atoms with van der Waals surface area (Å²) in [7, 11) is 0. The fraction of sp³-hybridized carbons (Fsp3) is 0.222. The maximum Gasteiger partial charge on any atom is 0.316 e. The minimum absolute atomic E-state index is 0.120. The summed E-state index contributed by atoms with van der Waals surface area (Å²) in [5.41, 5.74) is 10.2. The smallest absolute Gasteiger partial charge is 0.316 e. The number of nitrogens with zero attached hydrogens (tertiary/aromatic N) is 1. The zero-order valence-corrected chi connectivity index (χ0v) is 21.3. The third-order valence-electron chi connectivity index (χ3n) is 5.08. The second-order valence-corrected chi connectivity index (χ2v) is 10.8. The minimum Gasteiger partial charge on any atom is -0.460 e. The SMILES string of the molecule is CC(C)(C)OC(=O)Cc1nc2c(-c3cccc(Cl)c3)cc(Cc3ccc(NC(N)=O)cc3)cc2s1. The molecule has 0 aliphatic carbocycles. The Hall–Kier alpha value is -3.42. The number of amides is 2. The van der Waals surface area contributed by atoms with E-state index in [4.69, 9.17) is 27.1 Å². The molecule has 0 saturated carbocycles. The largest absolute Gasteiger partial charge is 0.460 e. The summed E-state index contributed by atoms with van der Waals surface area (Å²) in [5, 5.41) is 3.92. The van der Waals surface area contributed by atoms with Gasteiger partial charge < -0.3 is 15.8 Å². The van der Waals surface area contributed by atoms with Crippen molar-refractivity contribution in [1.29, 1.82) is 0 Å². The van der Waals surface area contributed by atoms with Crippen molar-refractivity contribution >= 4 is 50.8 Å². The first-order valence-electron chi connectivity index (χ1n) is 11.1. The number of nitrogens with one attached hydrogen (secondary N) is 1. The molecule has 1 heterocycles. The van der Waals surface area contributed by atoms with Gasteiger partial charge in [0.25, 0.3) is 0 Å². The molecule has 0 fully saturated rings. The van der Waals surface area contributed by atoms with Crippen LogP contribution in [0.5, 0.6) is 0 Å². The van der Waals surface area contributed by atoms with Crippen LogP contribution in [0.3, 0.4) is 0 Å². The van der Waals surface area contributed by atoms with E-state index in [0.29, 0.717) is 22.1 Å². The van der Waals surface area contributed by atoms with Gasteiger partial charge in [-0.3, -0.25) is 4.79 Å². The molecule has 0 aliphatic rings. The molecule has 0 radical (unpaired) electrons. The number of ether oxygens (including phenoxy) is 1. The van der Waals surface area contributed by atoms with Crippen molar-refractivity contribution in [1.82, 2.24) is 4.98 Å². The third-order valence-corrected chi connectivity index (χ3v) is 6.32. The third kappa shape index (κ3) is 6.59. The van der Waals surface area contributed by atoms with Gasteiger partial charge in [0.05, 0.1) is 16.6 Å². The highest BCUT2D eigenvalue weighted by Gasteiger charge is 2.19. The highest BCUT2D eigenvalue weighted by molar-refractivity contribution is 7.18. The number of carbonyl (C=O) groups excluding carboxylic acids is 2. The summed E-state index contributed by atoms with van der Waals surface area (Å²) < 4.78 is 6.47. The molecule has 35 heavy (non-hydrogen) atoms. The topological polar surface area (TPSA) is 94.3 Å². The van der Waals surface area contributed by atoms with Gasteiger partial charge in [-0.1, -0.05) is 35.9 Å². The van der Waals surface area contributed by atoms with E-state index in [1.165, 1.54) is 11.3 Å². The van der Waals surface area contributed by atoms with Crippen LogP contribution in [-0.4, -0.2) is 22.6 Å². The molecular formula is C27H26ClN3O3S. The number of benzene rings is 3. The Kier molecular flexibility index (Phi) is 7.10. The summed E-state index contributed by atoms with van der Waals surface area (Å²) >= 11 is 7.78. The molecule has 2 amide bonds. The average Bonchev–Trinajstić information content (AvgIpc) is 3.14. The zero-order chi connectivity index (χ0) is 25.2. The number of esters is 1. The Bertz CT molecular complexity index is 1390. The van der Waals surface area contributed by atoms with E-state index in [2.05, 4.69) is 17.4 Å². The molecule has 0 saturated heterocycles. The highest BCUT2D eigenvalue weighted by Crippen LogP contribution is 2.35. The zero-order valence-electron chi connectivity index (χ0n) is 19.7. The van der Waals surface area contributed by atoms with Gasteiger partial charge in [-0.25, -0.2) is 9.78 Å². The van der Waals surface area contributed by atoms with Crippen LogP contribution in [0.2, 0.25) is 5.02 Å². The molecule has 8 heteroatoms. The predicted octanol–water partition coefficient (Wildman–Crippen LogP) is 6.58. The Morgan fingerprint density at radius 3 is 2.46 bits per heavy atom. The molecule has 3 N–H and O–H groups in total.